The van der Waals surface area contributed by atoms with Gasteiger partial charge in [-0.2, -0.15) is 12.6 Å². The highest BCUT2D eigenvalue weighted by Crippen LogP contribution is 2.36. The van der Waals surface area contributed by atoms with Crippen LogP contribution in [0.1, 0.15) is 80.8 Å². The summed E-state index contributed by atoms with van der Waals surface area (Å²) in [6.45, 7) is 0. The molecule has 2 aliphatic rings. The fourth-order valence-corrected chi connectivity index (χ4v) is 5.04. The predicted octanol–water partition coefficient (Wildman–Crippen LogP) is 7.36. The van der Waals surface area contributed by atoms with Gasteiger partial charge in [0, 0.05) is 5.25 Å². The van der Waals surface area contributed by atoms with Crippen LogP contribution in [0.2, 0.25) is 0 Å². The average molecular weight is 351 g/mol. The molecule has 0 N–H and O–H groups in total. The van der Waals surface area contributed by atoms with Crippen molar-refractivity contribution >= 4 is 12.6 Å². The molecule has 0 spiro atoms. The van der Waals surface area contributed by atoms with Gasteiger partial charge in [0.15, 0.2) is 0 Å². The highest BCUT2D eigenvalue weighted by Gasteiger charge is 2.20. The van der Waals surface area contributed by atoms with Crippen LogP contribution in [0.25, 0.3) is 11.1 Å². The summed E-state index contributed by atoms with van der Waals surface area (Å²) in [7, 11) is 0. The Morgan fingerprint density at radius 1 is 0.520 bits per heavy atom. The average Bonchev–Trinajstić information content (AvgIpc) is 2.70. The Balaban J connectivity index is 1.44. The van der Waals surface area contributed by atoms with E-state index in [4.69, 9.17) is 0 Å². The van der Waals surface area contributed by atoms with Crippen LogP contribution in [-0.4, -0.2) is 5.25 Å². The third-order valence-electron chi connectivity index (χ3n) is 6.40. The second kappa shape index (κ2) is 7.99. The van der Waals surface area contributed by atoms with Gasteiger partial charge < -0.3 is 0 Å². The lowest BCUT2D eigenvalue weighted by Gasteiger charge is -2.26. The summed E-state index contributed by atoms with van der Waals surface area (Å²) in [5.74, 6) is 1.54. The Labute approximate surface area is 158 Å². The molecule has 0 nitrogen and oxygen atoms in total. The van der Waals surface area contributed by atoms with E-state index in [0.29, 0.717) is 5.25 Å². The topological polar surface area (TPSA) is 0 Å². The van der Waals surface area contributed by atoms with E-state index in [2.05, 4.69) is 61.2 Å². The van der Waals surface area contributed by atoms with Gasteiger partial charge in [0.1, 0.15) is 0 Å². The molecular weight excluding hydrogens is 320 g/mol. The lowest BCUT2D eigenvalue weighted by atomic mass is 9.83. The summed E-state index contributed by atoms with van der Waals surface area (Å²) in [6, 6.07) is 18.7. The molecule has 0 saturated heterocycles. The van der Waals surface area contributed by atoms with Crippen LogP contribution in [0.15, 0.2) is 48.5 Å². The second-order valence-electron chi connectivity index (χ2n) is 8.08. The summed E-state index contributed by atoms with van der Waals surface area (Å²) >= 11 is 4.62. The number of rotatable bonds is 3. The van der Waals surface area contributed by atoms with E-state index in [0.717, 1.165) is 11.8 Å². The smallest absolute Gasteiger partial charge is 0.00172 e. The zero-order valence-corrected chi connectivity index (χ0v) is 16.1. The van der Waals surface area contributed by atoms with Gasteiger partial charge in [0.2, 0.25) is 0 Å². The maximum absolute atomic E-state index is 4.62. The van der Waals surface area contributed by atoms with Crippen LogP contribution in [-0.2, 0) is 0 Å². The minimum Gasteiger partial charge on any atom is -0.176 e. The maximum atomic E-state index is 4.62. The molecule has 0 bridgehead atoms. The highest BCUT2D eigenvalue weighted by molar-refractivity contribution is 7.80. The highest BCUT2D eigenvalue weighted by atomic mass is 32.1. The lowest BCUT2D eigenvalue weighted by Crippen LogP contribution is -2.12. The first-order valence-electron chi connectivity index (χ1n) is 10.2. The molecule has 0 aromatic heterocycles. The van der Waals surface area contributed by atoms with Crippen molar-refractivity contribution in [1.82, 2.24) is 0 Å². The first kappa shape index (κ1) is 17.2. The molecule has 2 aromatic rings. The molecule has 25 heavy (non-hydrogen) atoms. The van der Waals surface area contributed by atoms with Crippen molar-refractivity contribution < 1.29 is 0 Å². The fraction of sp³-hybridized carbons (Fsp3) is 0.500. The van der Waals surface area contributed by atoms with E-state index in [9.17, 15) is 0 Å². The number of benzene rings is 2. The minimum absolute atomic E-state index is 0.623. The van der Waals surface area contributed by atoms with Gasteiger partial charge in [0.05, 0.1) is 0 Å². The molecule has 0 radical (unpaired) electrons. The van der Waals surface area contributed by atoms with Crippen molar-refractivity contribution in [3.8, 4) is 11.1 Å². The Morgan fingerprint density at radius 2 is 0.960 bits per heavy atom. The first-order chi connectivity index (χ1) is 12.3. The molecular formula is C24H30S. The minimum atomic E-state index is 0.623. The largest absolute Gasteiger partial charge is 0.176 e. The van der Waals surface area contributed by atoms with Crippen LogP contribution in [0.5, 0.6) is 0 Å². The Morgan fingerprint density at radius 3 is 1.44 bits per heavy atom. The Kier molecular flexibility index (Phi) is 5.51. The van der Waals surface area contributed by atoms with Crippen LogP contribution >= 0.6 is 12.6 Å². The zero-order valence-electron chi connectivity index (χ0n) is 15.2. The predicted molar refractivity (Wildman–Crippen MR) is 112 cm³/mol. The van der Waals surface area contributed by atoms with Crippen LogP contribution in [0, 0.1) is 0 Å². The first-order valence-corrected chi connectivity index (χ1v) is 10.7. The van der Waals surface area contributed by atoms with Gasteiger partial charge in [-0.05, 0) is 72.6 Å². The lowest BCUT2D eigenvalue weighted by molar-refractivity contribution is 0.443. The van der Waals surface area contributed by atoms with Crippen molar-refractivity contribution in [3.05, 3.63) is 59.7 Å². The van der Waals surface area contributed by atoms with Crippen molar-refractivity contribution in [2.45, 2.75) is 74.9 Å². The maximum Gasteiger partial charge on any atom is 0.00172 e. The van der Waals surface area contributed by atoms with E-state index in [1.165, 1.54) is 74.5 Å². The fourth-order valence-electron chi connectivity index (χ4n) is 4.74. The Bertz CT molecular complexity index is 656. The summed E-state index contributed by atoms with van der Waals surface area (Å²) in [5.41, 5.74) is 5.76. The van der Waals surface area contributed by atoms with E-state index >= 15 is 0 Å². The zero-order chi connectivity index (χ0) is 17.1. The summed E-state index contributed by atoms with van der Waals surface area (Å²) in [4.78, 5) is 0. The van der Waals surface area contributed by atoms with Crippen LogP contribution in [0.4, 0.5) is 0 Å². The van der Waals surface area contributed by atoms with Gasteiger partial charge in [0.25, 0.3) is 0 Å². The normalized spacial score (nSPS) is 25.0. The van der Waals surface area contributed by atoms with Crippen LogP contribution in [0.3, 0.4) is 0 Å². The SMILES string of the molecule is SC1CCC(c2ccc(-c3ccc(C4CCCCC4)cc3)cc2)CC1. The quantitative estimate of drug-likeness (QED) is 0.549. The third kappa shape index (κ3) is 4.14. The number of hydrogen-bond acceptors (Lipinski definition) is 1. The van der Waals surface area contributed by atoms with Gasteiger partial charge >= 0.3 is 0 Å². The monoisotopic (exact) mass is 350 g/mol. The van der Waals surface area contributed by atoms with E-state index in [1.807, 2.05) is 0 Å². The molecule has 2 saturated carbocycles. The molecule has 2 aromatic carbocycles. The van der Waals surface area contributed by atoms with Gasteiger partial charge in [-0.25, -0.2) is 0 Å². The molecule has 0 amide bonds. The standard InChI is InChI=1S/C24H30S/c25-24-16-14-23(15-17-24)22-12-10-21(11-13-22)20-8-6-19(7-9-20)18-4-2-1-3-5-18/h6-13,18,23-25H,1-5,14-17H2. The number of thiol groups is 1. The molecule has 0 aliphatic heterocycles. The molecule has 2 fully saturated rings. The van der Waals surface area contributed by atoms with Crippen molar-refractivity contribution in [2.75, 3.05) is 0 Å². The molecule has 1 heteroatoms. The van der Waals surface area contributed by atoms with E-state index < -0.39 is 0 Å². The van der Waals surface area contributed by atoms with Gasteiger partial charge in [-0.3, -0.25) is 0 Å². The number of hydrogen-bond donors (Lipinski definition) is 1. The van der Waals surface area contributed by atoms with Crippen molar-refractivity contribution in [3.63, 3.8) is 0 Å². The van der Waals surface area contributed by atoms with E-state index in [1.54, 1.807) is 5.56 Å². The van der Waals surface area contributed by atoms with Crippen molar-refractivity contribution in [1.29, 1.82) is 0 Å². The summed E-state index contributed by atoms with van der Waals surface area (Å²) in [6.07, 6.45) is 12.1. The molecule has 2 aliphatic carbocycles. The molecule has 0 atom stereocenters. The molecule has 0 unspecified atom stereocenters. The third-order valence-corrected chi connectivity index (χ3v) is 6.92. The second-order valence-corrected chi connectivity index (χ2v) is 8.81. The van der Waals surface area contributed by atoms with E-state index in [-0.39, 0.29) is 0 Å². The summed E-state index contributed by atoms with van der Waals surface area (Å²) < 4.78 is 0. The van der Waals surface area contributed by atoms with Gasteiger partial charge in [-0.1, -0.05) is 67.8 Å². The summed E-state index contributed by atoms with van der Waals surface area (Å²) in [5, 5.41) is 0.623. The molecule has 4 rings (SSSR count). The van der Waals surface area contributed by atoms with Gasteiger partial charge in [-0.15, -0.1) is 0 Å². The Hall–Kier alpha value is -1.21. The molecule has 132 valence electrons. The van der Waals surface area contributed by atoms with Crippen LogP contribution < -0.4 is 0 Å². The van der Waals surface area contributed by atoms with Crippen molar-refractivity contribution in [2.24, 2.45) is 0 Å². The molecule has 0 heterocycles.